The van der Waals surface area contributed by atoms with Crippen LogP contribution in [0.5, 0.6) is 5.75 Å². The van der Waals surface area contributed by atoms with E-state index in [9.17, 15) is 9.59 Å². The largest absolute Gasteiger partial charge is 0.422 e. The highest BCUT2D eigenvalue weighted by atomic mass is 16.5. The molecule has 0 aromatic heterocycles. The first-order valence-corrected chi connectivity index (χ1v) is 18.3. The standard InChI is InChI=1S/C31H42O3.C5H12.C3H8.C3H4.2C2H6/c1-11-22(5)25(8)26(12-2)16-17-31(9,10)28-18-23(6)29(24(7)19-28)34-30(33)27(13-3)15-14-21(4)20-32;1-5(2,3)4;2*1-3-2;2*1-2/h13-16,18-20,22H,3,8,11-12,17H2,1-2,4-7,9-10H3;1-4H3;3H2,1-2H3;1H,2H3;2*1-2H3/b21-14+,26-16-,27-15+;;;;;. The van der Waals surface area contributed by atoms with Crippen LogP contribution in [0.25, 0.3) is 0 Å². The summed E-state index contributed by atoms with van der Waals surface area (Å²) in [6.07, 6.45) is 16.4. The van der Waals surface area contributed by atoms with Crippen LogP contribution in [0.1, 0.15) is 160 Å². The number of hydrogen-bond donors (Lipinski definition) is 0. The van der Waals surface area contributed by atoms with Gasteiger partial charge in [-0.15, -0.1) is 12.3 Å². The number of carbonyl (C=O) groups excluding carboxylic acids is 2. The van der Waals surface area contributed by atoms with Crippen LogP contribution in [0, 0.1) is 37.5 Å². The summed E-state index contributed by atoms with van der Waals surface area (Å²) in [6.45, 7) is 47.4. The zero-order valence-corrected chi connectivity index (χ0v) is 35.7. The summed E-state index contributed by atoms with van der Waals surface area (Å²) in [5.74, 6) is 2.80. The number of aryl methyl sites for hydroxylation is 2. The zero-order chi connectivity index (χ0) is 40.0. The molecule has 3 nitrogen and oxygen atoms in total. The number of allylic oxidation sites excluding steroid dienone is 6. The maximum atomic E-state index is 12.7. The number of ether oxygens (including phenoxy) is 1. The number of rotatable bonds is 12. The minimum absolute atomic E-state index is 0.0858. The maximum Gasteiger partial charge on any atom is 0.343 e. The van der Waals surface area contributed by atoms with E-state index in [1.807, 2.05) is 41.5 Å². The molecule has 49 heavy (non-hydrogen) atoms. The molecule has 0 amide bonds. The third-order valence-corrected chi connectivity index (χ3v) is 6.46. The summed E-state index contributed by atoms with van der Waals surface area (Å²) >= 11 is 0. The fourth-order valence-corrected chi connectivity index (χ4v) is 3.70. The van der Waals surface area contributed by atoms with E-state index in [4.69, 9.17) is 4.74 Å². The molecule has 0 N–H and O–H groups in total. The highest BCUT2D eigenvalue weighted by Gasteiger charge is 2.23. The van der Waals surface area contributed by atoms with Gasteiger partial charge in [0.05, 0.1) is 5.57 Å². The summed E-state index contributed by atoms with van der Waals surface area (Å²) < 4.78 is 5.73. The van der Waals surface area contributed by atoms with Crippen LogP contribution < -0.4 is 4.74 Å². The summed E-state index contributed by atoms with van der Waals surface area (Å²) in [5, 5.41) is 0. The number of aldehydes is 1. The van der Waals surface area contributed by atoms with Crippen molar-refractivity contribution in [1.29, 1.82) is 0 Å². The van der Waals surface area contributed by atoms with Gasteiger partial charge < -0.3 is 4.74 Å². The lowest BCUT2D eigenvalue weighted by Gasteiger charge is -2.27. The van der Waals surface area contributed by atoms with Crippen molar-refractivity contribution in [3.05, 3.63) is 88.6 Å². The van der Waals surface area contributed by atoms with E-state index in [1.165, 1.54) is 29.2 Å². The number of benzene rings is 1. The van der Waals surface area contributed by atoms with Gasteiger partial charge in [0, 0.05) is 0 Å². The molecule has 1 rings (SSSR count). The fraction of sp³-hybridized carbons (Fsp3) is 0.565. The van der Waals surface area contributed by atoms with E-state index in [0.29, 0.717) is 28.2 Å². The molecule has 1 atom stereocenters. The second kappa shape index (κ2) is 31.9. The summed E-state index contributed by atoms with van der Waals surface area (Å²) in [6, 6.07) is 4.21. The van der Waals surface area contributed by atoms with E-state index in [-0.39, 0.29) is 5.41 Å². The van der Waals surface area contributed by atoms with Crippen LogP contribution in [0.2, 0.25) is 0 Å². The lowest BCUT2D eigenvalue weighted by molar-refractivity contribution is -0.129. The minimum atomic E-state index is -0.498. The van der Waals surface area contributed by atoms with E-state index in [2.05, 4.69) is 120 Å². The number of carbonyl (C=O) groups is 2. The first kappa shape index (κ1) is 55.0. The topological polar surface area (TPSA) is 43.4 Å². The third kappa shape index (κ3) is 28.2. The summed E-state index contributed by atoms with van der Waals surface area (Å²) in [4.78, 5) is 23.5. The van der Waals surface area contributed by atoms with Gasteiger partial charge in [-0.3, -0.25) is 4.79 Å². The predicted octanol–water partition coefficient (Wildman–Crippen LogP) is 14.2. The number of hydrogen-bond acceptors (Lipinski definition) is 3. The van der Waals surface area contributed by atoms with Crippen molar-refractivity contribution in [2.75, 3.05) is 0 Å². The summed E-state index contributed by atoms with van der Waals surface area (Å²) in [7, 11) is 0. The molecule has 1 aromatic rings. The molecule has 0 aliphatic heterocycles. The maximum absolute atomic E-state index is 12.7. The first-order valence-electron chi connectivity index (χ1n) is 18.3. The Morgan fingerprint density at radius 3 is 1.69 bits per heavy atom. The molecule has 0 aliphatic carbocycles. The van der Waals surface area contributed by atoms with Gasteiger partial charge in [0.15, 0.2) is 0 Å². The molecule has 3 heteroatoms. The molecule has 0 spiro atoms. The molecule has 280 valence electrons. The molecule has 1 unspecified atom stereocenters. The van der Waals surface area contributed by atoms with Crippen molar-refractivity contribution in [3.8, 4) is 18.1 Å². The van der Waals surface area contributed by atoms with Crippen molar-refractivity contribution in [3.63, 3.8) is 0 Å². The Balaban J connectivity index is -0.000000365. The van der Waals surface area contributed by atoms with Crippen LogP contribution >= 0.6 is 0 Å². The van der Waals surface area contributed by atoms with E-state index >= 15 is 0 Å². The van der Waals surface area contributed by atoms with Gasteiger partial charge in [0.1, 0.15) is 12.0 Å². The van der Waals surface area contributed by atoms with Gasteiger partial charge in [-0.05, 0) is 103 Å². The predicted molar refractivity (Wildman–Crippen MR) is 223 cm³/mol. The van der Waals surface area contributed by atoms with E-state index < -0.39 is 5.97 Å². The second-order valence-corrected chi connectivity index (χ2v) is 13.7. The van der Waals surface area contributed by atoms with Crippen molar-refractivity contribution in [2.24, 2.45) is 11.3 Å². The molecule has 0 radical (unpaired) electrons. The van der Waals surface area contributed by atoms with Gasteiger partial charge in [0.2, 0.25) is 0 Å². The van der Waals surface area contributed by atoms with E-state index in [0.717, 1.165) is 36.7 Å². The molecule has 0 bridgehead atoms. The fourth-order valence-electron chi connectivity index (χ4n) is 3.70. The molecular weight excluding hydrogens is 601 g/mol. The molecular formula is C46H78O3. The van der Waals surface area contributed by atoms with Crippen LogP contribution in [0.15, 0.2) is 71.9 Å². The molecule has 0 fully saturated rings. The van der Waals surface area contributed by atoms with Gasteiger partial charge in [-0.1, -0.05) is 154 Å². The second-order valence-electron chi connectivity index (χ2n) is 13.7. The van der Waals surface area contributed by atoms with Crippen LogP contribution in [0.4, 0.5) is 0 Å². The smallest absolute Gasteiger partial charge is 0.343 e. The van der Waals surface area contributed by atoms with Crippen molar-refractivity contribution < 1.29 is 14.3 Å². The first-order chi connectivity index (χ1) is 22.7. The van der Waals surface area contributed by atoms with Gasteiger partial charge in [-0.25, -0.2) is 4.79 Å². The SMILES string of the molecule is C#CC.C=C/C(=C\C=C(/C)C=O)C(=O)Oc1c(C)cc(C(C)(C)C/C=C(/CC)C(=C)C(C)CC)cc1C.CC.CC.CC(C)(C)C.CCC. The molecule has 0 heterocycles. The lowest BCUT2D eigenvalue weighted by Crippen LogP contribution is -2.18. The van der Waals surface area contributed by atoms with E-state index in [1.54, 1.807) is 26.0 Å². The minimum Gasteiger partial charge on any atom is -0.422 e. The average molecular weight is 679 g/mol. The lowest BCUT2D eigenvalue weighted by atomic mass is 9.78. The molecule has 0 saturated heterocycles. The van der Waals surface area contributed by atoms with Gasteiger partial charge >= 0.3 is 5.97 Å². The van der Waals surface area contributed by atoms with Gasteiger partial charge in [0.25, 0.3) is 0 Å². The number of terminal acetylenes is 1. The monoisotopic (exact) mass is 679 g/mol. The third-order valence-electron chi connectivity index (χ3n) is 6.46. The average Bonchev–Trinajstić information content (AvgIpc) is 3.04. The highest BCUT2D eigenvalue weighted by molar-refractivity contribution is 5.93. The Morgan fingerprint density at radius 1 is 0.959 bits per heavy atom. The molecule has 1 aromatic carbocycles. The molecule has 0 saturated carbocycles. The Kier molecular flexibility index (Phi) is 35.8. The zero-order valence-electron chi connectivity index (χ0n) is 35.7. The quantitative estimate of drug-likeness (QED) is 0.0552. The molecule has 0 aliphatic rings. The summed E-state index contributed by atoms with van der Waals surface area (Å²) in [5.41, 5.74) is 6.81. The van der Waals surface area contributed by atoms with Crippen molar-refractivity contribution in [1.82, 2.24) is 0 Å². The number of esters is 1. The highest BCUT2D eigenvalue weighted by Crippen LogP contribution is 2.35. The van der Waals surface area contributed by atoms with Crippen LogP contribution in [-0.2, 0) is 15.0 Å². The van der Waals surface area contributed by atoms with Gasteiger partial charge in [-0.2, -0.15) is 0 Å². The van der Waals surface area contributed by atoms with Crippen molar-refractivity contribution in [2.45, 2.75) is 163 Å². The Hall–Kier alpha value is -3.38. The Bertz CT molecular complexity index is 1170. The normalized spacial score (nSPS) is 11.7. The van der Waals surface area contributed by atoms with Crippen LogP contribution in [-0.4, -0.2) is 12.3 Å². The Morgan fingerprint density at radius 2 is 1.37 bits per heavy atom. The Labute approximate surface area is 306 Å². The van der Waals surface area contributed by atoms with Crippen LogP contribution in [0.3, 0.4) is 0 Å². The van der Waals surface area contributed by atoms with Crippen molar-refractivity contribution >= 4 is 12.3 Å².